The Morgan fingerprint density at radius 2 is 1.85 bits per heavy atom. The highest BCUT2D eigenvalue weighted by atomic mass is 79.9. The topological polar surface area (TPSA) is 78.4 Å². The van der Waals surface area contributed by atoms with Crippen molar-refractivity contribution < 1.29 is 14.7 Å². The van der Waals surface area contributed by atoms with Crippen molar-refractivity contribution in [2.45, 2.75) is 19.9 Å². The van der Waals surface area contributed by atoms with Crippen LogP contribution in [0.1, 0.15) is 13.8 Å². The molecule has 1 rings (SSSR count). The molecular formula is C12H13BrCl2N2O3. The summed E-state index contributed by atoms with van der Waals surface area (Å²) in [6.07, 6.45) is 0. The van der Waals surface area contributed by atoms with Gasteiger partial charge in [0.15, 0.2) is 0 Å². The molecule has 20 heavy (non-hydrogen) atoms. The quantitative estimate of drug-likeness (QED) is 0.688. The van der Waals surface area contributed by atoms with Gasteiger partial charge in [0.1, 0.15) is 6.04 Å². The molecule has 0 unspecified atom stereocenters. The van der Waals surface area contributed by atoms with Crippen LogP contribution in [0.4, 0.5) is 10.5 Å². The number of hydrogen-bond donors (Lipinski definition) is 3. The van der Waals surface area contributed by atoms with Crippen LogP contribution in [0.2, 0.25) is 10.0 Å². The standard InChI is InChI=1S/C12H13BrCl2N2O3/c1-5(2)10(11(18)19)17-12(20)16-7-4-3-6(13)8(14)9(7)15/h3-5,10H,1-2H3,(H,18,19)(H2,16,17,20)/t10-/m1/s1. The Kier molecular flexibility index (Phi) is 6.10. The number of aliphatic carboxylic acids is 1. The summed E-state index contributed by atoms with van der Waals surface area (Å²) in [6, 6.07) is 1.54. The first-order chi connectivity index (χ1) is 9.23. The van der Waals surface area contributed by atoms with Crippen molar-refractivity contribution in [3.63, 3.8) is 0 Å². The molecule has 0 aromatic heterocycles. The second-order valence-electron chi connectivity index (χ2n) is 4.38. The zero-order valence-electron chi connectivity index (χ0n) is 10.7. The molecule has 1 atom stereocenters. The number of anilines is 1. The van der Waals surface area contributed by atoms with Crippen LogP contribution in [0.15, 0.2) is 16.6 Å². The first kappa shape index (κ1) is 17.1. The van der Waals surface area contributed by atoms with Crippen LogP contribution in [0, 0.1) is 5.92 Å². The van der Waals surface area contributed by atoms with E-state index in [1.807, 2.05) is 0 Å². The maximum atomic E-state index is 11.8. The normalized spacial score (nSPS) is 12.1. The monoisotopic (exact) mass is 382 g/mol. The molecule has 0 heterocycles. The molecule has 0 saturated carbocycles. The van der Waals surface area contributed by atoms with Gasteiger partial charge in [-0.05, 0) is 34.0 Å². The molecule has 0 aliphatic heterocycles. The molecule has 0 bridgehead atoms. The number of hydrogen-bond acceptors (Lipinski definition) is 2. The van der Waals surface area contributed by atoms with Crippen LogP contribution in [-0.4, -0.2) is 23.1 Å². The first-order valence-electron chi connectivity index (χ1n) is 5.67. The molecule has 110 valence electrons. The van der Waals surface area contributed by atoms with Crippen molar-refractivity contribution in [1.82, 2.24) is 5.32 Å². The van der Waals surface area contributed by atoms with Gasteiger partial charge < -0.3 is 15.7 Å². The van der Waals surface area contributed by atoms with Gasteiger partial charge in [0.25, 0.3) is 0 Å². The van der Waals surface area contributed by atoms with Crippen LogP contribution in [0.25, 0.3) is 0 Å². The lowest BCUT2D eigenvalue weighted by Crippen LogP contribution is -2.46. The fourth-order valence-corrected chi connectivity index (χ4v) is 2.26. The summed E-state index contributed by atoms with van der Waals surface area (Å²) in [5.41, 5.74) is 0.297. The summed E-state index contributed by atoms with van der Waals surface area (Å²) >= 11 is 15.1. The second-order valence-corrected chi connectivity index (χ2v) is 5.99. The number of carboxylic acid groups (broad SMARTS) is 1. The zero-order valence-corrected chi connectivity index (χ0v) is 13.8. The third-order valence-electron chi connectivity index (χ3n) is 2.50. The molecule has 1 aromatic rings. The third-order valence-corrected chi connectivity index (χ3v) is 4.27. The minimum Gasteiger partial charge on any atom is -0.480 e. The van der Waals surface area contributed by atoms with Gasteiger partial charge >= 0.3 is 12.0 Å². The van der Waals surface area contributed by atoms with E-state index in [4.69, 9.17) is 28.3 Å². The van der Waals surface area contributed by atoms with Crippen LogP contribution < -0.4 is 10.6 Å². The Hall–Kier alpha value is -0.980. The molecule has 0 radical (unpaired) electrons. The fourth-order valence-electron chi connectivity index (χ4n) is 1.44. The van der Waals surface area contributed by atoms with Crippen molar-refractivity contribution in [3.05, 3.63) is 26.7 Å². The molecule has 0 aliphatic carbocycles. The molecule has 1 aromatic carbocycles. The van der Waals surface area contributed by atoms with E-state index in [9.17, 15) is 9.59 Å². The SMILES string of the molecule is CC(C)[C@@H](NC(=O)Nc1ccc(Br)c(Cl)c1Cl)C(=O)O. The number of nitrogens with one attached hydrogen (secondary N) is 2. The molecule has 8 heteroatoms. The van der Waals surface area contributed by atoms with E-state index < -0.39 is 18.0 Å². The average molecular weight is 384 g/mol. The van der Waals surface area contributed by atoms with Crippen molar-refractivity contribution in [1.29, 1.82) is 0 Å². The molecule has 2 amide bonds. The predicted molar refractivity (Wildman–Crippen MR) is 82.6 cm³/mol. The molecule has 0 fully saturated rings. The minimum absolute atomic E-state index is 0.174. The molecule has 5 nitrogen and oxygen atoms in total. The lowest BCUT2D eigenvalue weighted by molar-refractivity contribution is -0.140. The largest absolute Gasteiger partial charge is 0.480 e. The number of carbonyl (C=O) groups is 2. The molecule has 0 spiro atoms. The van der Waals surface area contributed by atoms with Gasteiger partial charge in [0.2, 0.25) is 0 Å². The smallest absolute Gasteiger partial charge is 0.326 e. The summed E-state index contributed by atoms with van der Waals surface area (Å²) in [6.45, 7) is 3.39. The second kappa shape index (κ2) is 7.15. The van der Waals surface area contributed by atoms with E-state index >= 15 is 0 Å². The Morgan fingerprint density at radius 3 is 2.35 bits per heavy atom. The number of halogens is 3. The Morgan fingerprint density at radius 1 is 1.25 bits per heavy atom. The number of carbonyl (C=O) groups excluding carboxylic acids is 1. The van der Waals surface area contributed by atoms with E-state index in [1.165, 1.54) is 0 Å². The summed E-state index contributed by atoms with van der Waals surface area (Å²) in [4.78, 5) is 22.8. The highest BCUT2D eigenvalue weighted by Gasteiger charge is 2.23. The molecule has 0 aliphatic rings. The Labute approximate surface area is 134 Å². The number of carboxylic acids is 1. The maximum Gasteiger partial charge on any atom is 0.326 e. The number of amides is 2. The van der Waals surface area contributed by atoms with E-state index in [0.717, 1.165) is 0 Å². The Balaban J connectivity index is 2.81. The van der Waals surface area contributed by atoms with Crippen LogP contribution in [0.5, 0.6) is 0 Å². The summed E-state index contributed by atoms with van der Waals surface area (Å²) in [5, 5.41) is 14.3. The van der Waals surface area contributed by atoms with E-state index in [0.29, 0.717) is 10.2 Å². The van der Waals surface area contributed by atoms with Crippen LogP contribution in [0.3, 0.4) is 0 Å². The fraction of sp³-hybridized carbons (Fsp3) is 0.333. The minimum atomic E-state index is -1.10. The van der Waals surface area contributed by atoms with Gasteiger partial charge in [-0.25, -0.2) is 9.59 Å². The maximum absolute atomic E-state index is 11.8. The van der Waals surface area contributed by atoms with Crippen molar-refractivity contribution in [3.8, 4) is 0 Å². The van der Waals surface area contributed by atoms with E-state index in [-0.39, 0.29) is 16.0 Å². The molecular weight excluding hydrogens is 371 g/mol. The molecule has 0 saturated heterocycles. The van der Waals surface area contributed by atoms with Gasteiger partial charge in [-0.3, -0.25) is 0 Å². The number of rotatable bonds is 4. The van der Waals surface area contributed by atoms with Gasteiger partial charge in [0.05, 0.1) is 15.7 Å². The van der Waals surface area contributed by atoms with E-state index in [1.54, 1.807) is 26.0 Å². The van der Waals surface area contributed by atoms with E-state index in [2.05, 4.69) is 26.6 Å². The van der Waals surface area contributed by atoms with Crippen molar-refractivity contribution in [2.75, 3.05) is 5.32 Å². The van der Waals surface area contributed by atoms with Crippen molar-refractivity contribution >= 4 is 56.8 Å². The van der Waals surface area contributed by atoms with Crippen LogP contribution in [-0.2, 0) is 4.79 Å². The lowest BCUT2D eigenvalue weighted by Gasteiger charge is -2.18. The first-order valence-corrected chi connectivity index (χ1v) is 7.22. The van der Waals surface area contributed by atoms with Gasteiger partial charge in [0, 0.05) is 4.47 Å². The number of urea groups is 1. The molecule has 3 N–H and O–H groups in total. The summed E-state index contributed by atoms with van der Waals surface area (Å²) in [5.74, 6) is -1.35. The highest BCUT2D eigenvalue weighted by molar-refractivity contribution is 9.10. The third kappa shape index (κ3) is 4.26. The summed E-state index contributed by atoms with van der Waals surface area (Å²) in [7, 11) is 0. The lowest BCUT2D eigenvalue weighted by atomic mass is 10.1. The summed E-state index contributed by atoms with van der Waals surface area (Å²) < 4.78 is 0.598. The van der Waals surface area contributed by atoms with Gasteiger partial charge in [-0.2, -0.15) is 0 Å². The average Bonchev–Trinajstić information content (AvgIpc) is 2.36. The predicted octanol–water partition coefficient (Wildman–Crippen LogP) is 3.99. The van der Waals surface area contributed by atoms with Gasteiger partial charge in [-0.15, -0.1) is 0 Å². The van der Waals surface area contributed by atoms with Gasteiger partial charge in [-0.1, -0.05) is 37.0 Å². The Bertz CT molecular complexity index is 538. The van der Waals surface area contributed by atoms with Crippen LogP contribution >= 0.6 is 39.1 Å². The zero-order chi connectivity index (χ0) is 15.4. The van der Waals surface area contributed by atoms with Crippen molar-refractivity contribution in [2.24, 2.45) is 5.92 Å². The number of benzene rings is 1. The highest BCUT2D eigenvalue weighted by Crippen LogP contribution is 2.35.